The van der Waals surface area contributed by atoms with Crippen LogP contribution in [0.3, 0.4) is 0 Å². The second-order valence-electron chi connectivity index (χ2n) is 4.32. The molecule has 1 atom stereocenters. The van der Waals surface area contributed by atoms with Gasteiger partial charge in [-0.1, -0.05) is 15.9 Å². The highest BCUT2D eigenvalue weighted by Crippen LogP contribution is 2.23. The van der Waals surface area contributed by atoms with E-state index in [0.717, 1.165) is 10.2 Å². The molecule has 0 saturated heterocycles. The smallest absolute Gasteiger partial charge is 0.101 e. The number of nitriles is 1. The van der Waals surface area contributed by atoms with E-state index in [9.17, 15) is 5.11 Å². The summed E-state index contributed by atoms with van der Waals surface area (Å²) >= 11 is 3.35. The molecule has 16 heavy (non-hydrogen) atoms. The number of halogens is 1. The minimum Gasteiger partial charge on any atom is -0.388 e. The van der Waals surface area contributed by atoms with Crippen LogP contribution in [0.4, 0.5) is 5.69 Å². The first-order valence-electron chi connectivity index (χ1n) is 5.03. The van der Waals surface area contributed by atoms with Crippen LogP contribution in [0.15, 0.2) is 22.7 Å². The van der Waals surface area contributed by atoms with Gasteiger partial charge in [-0.05, 0) is 39.0 Å². The monoisotopic (exact) mass is 282 g/mol. The van der Waals surface area contributed by atoms with E-state index in [-0.39, 0.29) is 6.04 Å². The largest absolute Gasteiger partial charge is 0.388 e. The summed E-state index contributed by atoms with van der Waals surface area (Å²) in [5, 5.41) is 21.9. The van der Waals surface area contributed by atoms with Crippen LogP contribution in [0, 0.1) is 11.3 Å². The maximum Gasteiger partial charge on any atom is 0.101 e. The Bertz CT molecular complexity index is 418. The lowest BCUT2D eigenvalue weighted by Gasteiger charge is -2.28. The van der Waals surface area contributed by atoms with E-state index < -0.39 is 5.60 Å². The van der Waals surface area contributed by atoms with Crippen molar-refractivity contribution in [3.63, 3.8) is 0 Å². The molecule has 1 unspecified atom stereocenters. The van der Waals surface area contributed by atoms with Crippen molar-refractivity contribution in [2.75, 3.05) is 5.32 Å². The third-order valence-electron chi connectivity index (χ3n) is 2.53. The summed E-state index contributed by atoms with van der Waals surface area (Å²) in [4.78, 5) is 0. The van der Waals surface area contributed by atoms with Crippen molar-refractivity contribution in [3.05, 3.63) is 28.2 Å². The first kappa shape index (κ1) is 13.0. The van der Waals surface area contributed by atoms with Crippen LogP contribution < -0.4 is 5.32 Å². The minimum atomic E-state index is -0.838. The summed E-state index contributed by atoms with van der Waals surface area (Å²) < 4.78 is 0.900. The Hall–Kier alpha value is -1.05. The van der Waals surface area contributed by atoms with Crippen LogP contribution >= 0.6 is 15.9 Å². The Labute approximate surface area is 104 Å². The molecular formula is C12H15BrN2O. The summed E-state index contributed by atoms with van der Waals surface area (Å²) in [5.41, 5.74) is 0.459. The summed E-state index contributed by atoms with van der Waals surface area (Å²) in [6.07, 6.45) is 0. The quantitative estimate of drug-likeness (QED) is 0.896. The van der Waals surface area contributed by atoms with Gasteiger partial charge in [-0.25, -0.2) is 0 Å². The molecule has 0 aliphatic carbocycles. The minimum absolute atomic E-state index is 0.145. The van der Waals surface area contributed by atoms with E-state index in [2.05, 4.69) is 27.3 Å². The van der Waals surface area contributed by atoms with Gasteiger partial charge in [0, 0.05) is 4.47 Å². The van der Waals surface area contributed by atoms with Gasteiger partial charge in [-0.15, -0.1) is 0 Å². The van der Waals surface area contributed by atoms with Crippen LogP contribution in [0.1, 0.15) is 26.3 Å². The predicted octanol–water partition coefficient (Wildman–Crippen LogP) is 2.89. The Kier molecular flexibility index (Phi) is 3.95. The fourth-order valence-electron chi connectivity index (χ4n) is 1.14. The molecule has 0 radical (unpaired) electrons. The molecule has 0 bridgehead atoms. The highest BCUT2D eigenvalue weighted by molar-refractivity contribution is 9.10. The third-order valence-corrected chi connectivity index (χ3v) is 3.03. The van der Waals surface area contributed by atoms with Crippen molar-refractivity contribution in [1.82, 2.24) is 0 Å². The lowest BCUT2D eigenvalue weighted by Crippen LogP contribution is -2.39. The number of aliphatic hydroxyl groups is 1. The Morgan fingerprint density at radius 1 is 1.50 bits per heavy atom. The molecule has 0 aliphatic heterocycles. The molecule has 0 fully saturated rings. The molecule has 0 aromatic heterocycles. The van der Waals surface area contributed by atoms with E-state index in [4.69, 9.17) is 5.26 Å². The SMILES string of the molecule is CC(Nc1cc(Br)ccc1C#N)C(C)(C)O. The molecule has 3 nitrogen and oxygen atoms in total. The molecule has 86 valence electrons. The first-order chi connectivity index (χ1) is 7.34. The summed E-state index contributed by atoms with van der Waals surface area (Å²) in [7, 11) is 0. The first-order valence-corrected chi connectivity index (χ1v) is 5.82. The average molecular weight is 283 g/mol. The van der Waals surface area contributed by atoms with Gasteiger partial charge in [-0.2, -0.15) is 5.26 Å². The van der Waals surface area contributed by atoms with Crippen molar-refractivity contribution in [2.45, 2.75) is 32.4 Å². The molecule has 4 heteroatoms. The number of rotatable bonds is 3. The Balaban J connectivity index is 2.97. The van der Waals surface area contributed by atoms with Gasteiger partial charge >= 0.3 is 0 Å². The van der Waals surface area contributed by atoms with Crippen LogP contribution in [-0.4, -0.2) is 16.7 Å². The summed E-state index contributed by atoms with van der Waals surface area (Å²) in [6, 6.07) is 7.36. The molecule has 0 amide bonds. The van der Waals surface area contributed by atoms with Gasteiger partial charge in [0.2, 0.25) is 0 Å². The van der Waals surface area contributed by atoms with Crippen molar-refractivity contribution in [1.29, 1.82) is 5.26 Å². The fraction of sp³-hybridized carbons (Fsp3) is 0.417. The van der Waals surface area contributed by atoms with Gasteiger partial charge < -0.3 is 10.4 Å². The zero-order chi connectivity index (χ0) is 12.3. The van der Waals surface area contributed by atoms with Gasteiger partial charge in [0.25, 0.3) is 0 Å². The molecular weight excluding hydrogens is 268 g/mol. The lowest BCUT2D eigenvalue weighted by atomic mass is 10.00. The van der Waals surface area contributed by atoms with Gasteiger partial charge in [0.05, 0.1) is 22.9 Å². The number of hydrogen-bond donors (Lipinski definition) is 2. The molecule has 1 rings (SSSR count). The van der Waals surface area contributed by atoms with E-state index >= 15 is 0 Å². The highest BCUT2D eigenvalue weighted by Gasteiger charge is 2.22. The van der Waals surface area contributed by atoms with Gasteiger partial charge in [-0.3, -0.25) is 0 Å². The zero-order valence-corrected chi connectivity index (χ0v) is 11.2. The number of nitrogens with one attached hydrogen (secondary N) is 1. The maximum absolute atomic E-state index is 9.82. The standard InChI is InChI=1S/C12H15BrN2O/c1-8(12(2,3)16)15-11-6-10(13)5-4-9(11)7-14/h4-6,8,15-16H,1-3H3. The van der Waals surface area contributed by atoms with Crippen LogP contribution in [0.5, 0.6) is 0 Å². The second kappa shape index (κ2) is 4.86. The van der Waals surface area contributed by atoms with Crippen LogP contribution in [0.25, 0.3) is 0 Å². The van der Waals surface area contributed by atoms with Crippen molar-refractivity contribution in [3.8, 4) is 6.07 Å². The summed E-state index contributed by atoms with van der Waals surface area (Å²) in [5.74, 6) is 0. The van der Waals surface area contributed by atoms with Crippen molar-refractivity contribution >= 4 is 21.6 Å². The molecule has 1 aromatic rings. The molecule has 2 N–H and O–H groups in total. The van der Waals surface area contributed by atoms with Crippen LogP contribution in [-0.2, 0) is 0 Å². The number of benzene rings is 1. The van der Waals surface area contributed by atoms with Gasteiger partial charge in [0.15, 0.2) is 0 Å². The Morgan fingerprint density at radius 2 is 2.12 bits per heavy atom. The average Bonchev–Trinajstić information content (AvgIpc) is 2.16. The fourth-order valence-corrected chi connectivity index (χ4v) is 1.50. The highest BCUT2D eigenvalue weighted by atomic mass is 79.9. The van der Waals surface area contributed by atoms with Crippen molar-refractivity contribution < 1.29 is 5.11 Å². The van der Waals surface area contributed by atoms with Crippen molar-refractivity contribution in [2.24, 2.45) is 0 Å². The van der Waals surface area contributed by atoms with E-state index in [1.54, 1.807) is 19.9 Å². The molecule has 0 spiro atoms. The zero-order valence-electron chi connectivity index (χ0n) is 9.58. The van der Waals surface area contributed by atoms with Crippen LogP contribution in [0.2, 0.25) is 0 Å². The van der Waals surface area contributed by atoms with E-state index in [0.29, 0.717) is 5.56 Å². The van der Waals surface area contributed by atoms with E-state index in [1.165, 1.54) is 0 Å². The Morgan fingerprint density at radius 3 is 2.62 bits per heavy atom. The predicted molar refractivity (Wildman–Crippen MR) is 68.2 cm³/mol. The number of hydrogen-bond acceptors (Lipinski definition) is 3. The molecule has 0 saturated carbocycles. The van der Waals surface area contributed by atoms with Gasteiger partial charge in [0.1, 0.15) is 6.07 Å². The summed E-state index contributed by atoms with van der Waals surface area (Å²) in [6.45, 7) is 5.34. The molecule has 1 aromatic carbocycles. The molecule has 0 aliphatic rings. The topological polar surface area (TPSA) is 56.0 Å². The maximum atomic E-state index is 9.82. The number of nitrogens with zero attached hydrogens (tertiary/aromatic N) is 1. The molecule has 0 heterocycles. The third kappa shape index (κ3) is 3.22. The normalized spacial score (nSPS) is 13.0. The van der Waals surface area contributed by atoms with E-state index in [1.807, 2.05) is 19.1 Å². The lowest BCUT2D eigenvalue weighted by molar-refractivity contribution is 0.0649. The number of anilines is 1. The second-order valence-corrected chi connectivity index (χ2v) is 5.24.